The minimum absolute atomic E-state index is 0.0811. The Kier molecular flexibility index (Phi) is 5.12. The summed E-state index contributed by atoms with van der Waals surface area (Å²) in [6.07, 6.45) is 7.79. The predicted octanol–water partition coefficient (Wildman–Crippen LogP) is 3.46. The lowest BCUT2D eigenvalue weighted by molar-refractivity contribution is -0.117. The second-order valence-electron chi connectivity index (χ2n) is 9.08. The van der Waals surface area contributed by atoms with Crippen LogP contribution in [0.1, 0.15) is 56.5 Å². The van der Waals surface area contributed by atoms with E-state index < -0.39 is 0 Å². The Morgan fingerprint density at radius 2 is 1.86 bits per heavy atom. The molecule has 0 radical (unpaired) electrons. The molecule has 1 aromatic heterocycles. The van der Waals surface area contributed by atoms with Gasteiger partial charge < -0.3 is 0 Å². The number of nitrogens with one attached hydrogen (secondary N) is 1. The van der Waals surface area contributed by atoms with Crippen LogP contribution in [0, 0.1) is 11.8 Å². The number of nitrogens with zero attached hydrogens (tertiary/aromatic N) is 4. The summed E-state index contributed by atoms with van der Waals surface area (Å²) in [6, 6.07) is 11.7. The van der Waals surface area contributed by atoms with Crippen molar-refractivity contribution in [2.75, 3.05) is 18.4 Å². The monoisotopic (exact) mass is 393 g/mol. The number of fused-ring (bicyclic) bond motifs is 1. The van der Waals surface area contributed by atoms with E-state index >= 15 is 0 Å². The Balaban J connectivity index is 1.19. The second kappa shape index (κ2) is 7.90. The second-order valence-corrected chi connectivity index (χ2v) is 9.08. The van der Waals surface area contributed by atoms with Gasteiger partial charge in [-0.1, -0.05) is 30.3 Å². The summed E-state index contributed by atoms with van der Waals surface area (Å²) in [5, 5.41) is 7.55. The molecule has 1 saturated carbocycles. The first-order valence-electron chi connectivity index (χ1n) is 11.2. The van der Waals surface area contributed by atoms with E-state index in [-0.39, 0.29) is 11.8 Å². The van der Waals surface area contributed by atoms with Gasteiger partial charge >= 0.3 is 0 Å². The highest BCUT2D eigenvalue weighted by Crippen LogP contribution is 2.33. The van der Waals surface area contributed by atoms with E-state index in [0.717, 1.165) is 37.4 Å². The number of likely N-dealkylation sites (tertiary alicyclic amines) is 1. The van der Waals surface area contributed by atoms with Gasteiger partial charge in [-0.05, 0) is 70.0 Å². The first-order chi connectivity index (χ1) is 14.2. The molecule has 6 heteroatoms. The summed E-state index contributed by atoms with van der Waals surface area (Å²) in [6.45, 7) is 4.59. The summed E-state index contributed by atoms with van der Waals surface area (Å²) < 4.78 is 2.06. The maximum Gasteiger partial charge on any atom is 0.249 e. The molecule has 2 aromatic rings. The van der Waals surface area contributed by atoms with Gasteiger partial charge in [0.2, 0.25) is 11.9 Å². The van der Waals surface area contributed by atoms with E-state index in [9.17, 15) is 4.79 Å². The van der Waals surface area contributed by atoms with Gasteiger partial charge in [-0.25, -0.2) is 4.68 Å². The molecule has 29 heavy (non-hydrogen) atoms. The molecule has 2 aliphatic heterocycles. The minimum Gasteiger partial charge on any atom is -0.298 e. The van der Waals surface area contributed by atoms with E-state index in [0.29, 0.717) is 18.0 Å². The number of hydrogen-bond donors (Lipinski definition) is 1. The van der Waals surface area contributed by atoms with Crippen molar-refractivity contribution < 1.29 is 4.79 Å². The van der Waals surface area contributed by atoms with Crippen LogP contribution in [-0.4, -0.2) is 44.7 Å². The molecular formula is C23H31N5O. The molecule has 6 nitrogen and oxygen atoms in total. The van der Waals surface area contributed by atoms with Crippen LogP contribution in [0.2, 0.25) is 0 Å². The Morgan fingerprint density at radius 3 is 2.59 bits per heavy atom. The lowest BCUT2D eigenvalue weighted by Gasteiger charge is -2.42. The molecular weight excluding hydrogens is 362 g/mol. The topological polar surface area (TPSA) is 63.1 Å². The average Bonchev–Trinajstić information content (AvgIpc) is 3.51. The van der Waals surface area contributed by atoms with Crippen molar-refractivity contribution in [2.24, 2.45) is 11.8 Å². The van der Waals surface area contributed by atoms with Crippen molar-refractivity contribution in [2.45, 2.75) is 64.0 Å². The smallest absolute Gasteiger partial charge is 0.249 e. The van der Waals surface area contributed by atoms with Crippen molar-refractivity contribution in [3.63, 3.8) is 0 Å². The Morgan fingerprint density at radius 1 is 1.10 bits per heavy atom. The molecule has 5 rings (SSSR count). The summed E-state index contributed by atoms with van der Waals surface area (Å²) in [7, 11) is 0. The predicted molar refractivity (Wildman–Crippen MR) is 113 cm³/mol. The van der Waals surface area contributed by atoms with Gasteiger partial charge in [0.05, 0.1) is 6.04 Å². The van der Waals surface area contributed by atoms with E-state index in [1.165, 1.54) is 37.9 Å². The fourth-order valence-corrected chi connectivity index (χ4v) is 5.07. The van der Waals surface area contributed by atoms with Gasteiger partial charge in [0, 0.05) is 18.4 Å². The van der Waals surface area contributed by atoms with Crippen molar-refractivity contribution in [1.29, 1.82) is 0 Å². The largest absolute Gasteiger partial charge is 0.298 e. The van der Waals surface area contributed by atoms with Crippen molar-refractivity contribution in [3.05, 3.63) is 41.7 Å². The highest BCUT2D eigenvalue weighted by molar-refractivity contribution is 5.92. The van der Waals surface area contributed by atoms with Gasteiger partial charge in [0.25, 0.3) is 0 Å². The number of piperidine rings is 1. The number of aryl methyl sites for hydroxylation is 1. The van der Waals surface area contributed by atoms with Crippen LogP contribution in [0.3, 0.4) is 0 Å². The number of hydrogen-bond acceptors (Lipinski definition) is 4. The van der Waals surface area contributed by atoms with E-state index in [2.05, 4.69) is 62.2 Å². The molecule has 2 fully saturated rings. The van der Waals surface area contributed by atoms with Gasteiger partial charge in [0.15, 0.2) is 0 Å². The Bertz CT molecular complexity index is 851. The highest BCUT2D eigenvalue weighted by atomic mass is 16.2. The Labute approximate surface area is 172 Å². The van der Waals surface area contributed by atoms with Gasteiger partial charge in [-0.15, -0.1) is 5.10 Å². The molecule has 1 aromatic carbocycles. The lowest BCUT2D eigenvalue weighted by Crippen LogP contribution is -2.47. The molecule has 2 unspecified atom stereocenters. The maximum atomic E-state index is 12.0. The van der Waals surface area contributed by atoms with Crippen LogP contribution in [0.15, 0.2) is 30.3 Å². The van der Waals surface area contributed by atoms with Crippen LogP contribution in [-0.2, 0) is 17.6 Å². The van der Waals surface area contributed by atoms with Gasteiger partial charge in [-0.2, -0.15) is 4.98 Å². The number of aromatic nitrogens is 3. The van der Waals surface area contributed by atoms with Gasteiger partial charge in [-0.3, -0.25) is 15.0 Å². The first kappa shape index (κ1) is 18.8. The van der Waals surface area contributed by atoms with Crippen molar-refractivity contribution in [1.82, 2.24) is 19.7 Å². The summed E-state index contributed by atoms with van der Waals surface area (Å²) in [4.78, 5) is 19.3. The molecule has 1 saturated heterocycles. The average molecular weight is 394 g/mol. The maximum absolute atomic E-state index is 12.0. The first-order valence-corrected chi connectivity index (χ1v) is 11.2. The van der Waals surface area contributed by atoms with Crippen LogP contribution in [0.5, 0.6) is 0 Å². The number of carbonyl (C=O) groups excluding carboxylic acids is 1. The molecule has 3 aliphatic rings. The summed E-state index contributed by atoms with van der Waals surface area (Å²) >= 11 is 0. The fourth-order valence-electron chi connectivity index (χ4n) is 5.07. The number of carbonyl (C=O) groups is 1. The quantitative estimate of drug-likeness (QED) is 0.845. The zero-order valence-electron chi connectivity index (χ0n) is 17.3. The molecule has 0 bridgehead atoms. The summed E-state index contributed by atoms with van der Waals surface area (Å²) in [5.41, 5.74) is 1.46. The van der Waals surface area contributed by atoms with Gasteiger partial charge in [0.1, 0.15) is 5.82 Å². The third-order valence-electron chi connectivity index (χ3n) is 6.98. The van der Waals surface area contributed by atoms with Crippen LogP contribution in [0.25, 0.3) is 0 Å². The van der Waals surface area contributed by atoms with Crippen LogP contribution >= 0.6 is 0 Å². The molecule has 1 amide bonds. The normalized spacial score (nSPS) is 25.6. The van der Waals surface area contributed by atoms with Crippen LogP contribution < -0.4 is 5.32 Å². The molecule has 3 heterocycles. The highest BCUT2D eigenvalue weighted by Gasteiger charge is 2.35. The molecule has 154 valence electrons. The number of rotatable bonds is 5. The SMILES string of the molecule is CC1C(N2CCC(Cc3ccccc3)CC2)CCc2nc(NC(=O)C3CC3)nn21. The van der Waals surface area contributed by atoms with E-state index in [1.54, 1.807) is 0 Å². The number of anilines is 1. The van der Waals surface area contributed by atoms with Crippen molar-refractivity contribution in [3.8, 4) is 0 Å². The zero-order valence-corrected chi connectivity index (χ0v) is 17.3. The summed E-state index contributed by atoms with van der Waals surface area (Å²) in [5.74, 6) is 2.55. The van der Waals surface area contributed by atoms with E-state index in [4.69, 9.17) is 0 Å². The van der Waals surface area contributed by atoms with E-state index in [1.807, 2.05) is 0 Å². The standard InChI is InChI=1S/C23H31N5O/c1-16-20(27-13-11-18(12-14-27)15-17-5-3-2-4-6-17)9-10-21-24-23(26-28(16)21)25-22(29)19-7-8-19/h2-6,16,18-20H,7-15H2,1H3,(H,25,26,29). The fraction of sp³-hybridized carbons (Fsp3) is 0.609. The molecule has 0 spiro atoms. The molecule has 2 atom stereocenters. The third kappa shape index (κ3) is 4.08. The Hall–Kier alpha value is -2.21. The number of amides is 1. The number of benzene rings is 1. The van der Waals surface area contributed by atoms with Crippen LogP contribution in [0.4, 0.5) is 5.95 Å². The zero-order chi connectivity index (χ0) is 19.8. The minimum atomic E-state index is 0.0811. The third-order valence-corrected chi connectivity index (χ3v) is 6.98. The van der Waals surface area contributed by atoms with Crippen molar-refractivity contribution >= 4 is 11.9 Å². The molecule has 1 N–H and O–H groups in total. The lowest BCUT2D eigenvalue weighted by atomic mass is 9.88. The molecule has 1 aliphatic carbocycles.